The Bertz CT molecular complexity index is 446. The monoisotopic (exact) mass is 274 g/mol. The fraction of sp³-hybridized carbons (Fsp3) is 0.500. The SMILES string of the molecule is CCNCCCS(=O)(=O)NCc1ccc(F)cc1. The van der Waals surface area contributed by atoms with E-state index in [1.54, 1.807) is 12.1 Å². The second-order valence-corrected chi connectivity index (χ2v) is 5.90. The van der Waals surface area contributed by atoms with Gasteiger partial charge in [-0.3, -0.25) is 0 Å². The van der Waals surface area contributed by atoms with Crippen molar-refractivity contribution in [2.45, 2.75) is 19.9 Å². The van der Waals surface area contributed by atoms with Crippen LogP contribution in [-0.4, -0.2) is 27.3 Å². The fourth-order valence-corrected chi connectivity index (χ4v) is 2.49. The molecule has 1 aromatic rings. The molecule has 1 aromatic carbocycles. The number of hydrogen-bond donors (Lipinski definition) is 2. The van der Waals surface area contributed by atoms with Gasteiger partial charge in [0.25, 0.3) is 0 Å². The predicted octanol–water partition coefficient (Wildman–Crippen LogP) is 1.24. The standard InChI is InChI=1S/C12H19FN2O2S/c1-2-14-8-3-9-18(16,17)15-10-11-4-6-12(13)7-5-11/h4-7,14-15H,2-3,8-10H2,1H3. The molecule has 102 valence electrons. The quantitative estimate of drug-likeness (QED) is 0.701. The molecule has 0 spiro atoms. The van der Waals surface area contributed by atoms with Gasteiger partial charge in [0.05, 0.1) is 5.75 Å². The van der Waals surface area contributed by atoms with Crippen molar-refractivity contribution in [3.8, 4) is 0 Å². The van der Waals surface area contributed by atoms with Gasteiger partial charge in [0.1, 0.15) is 5.82 Å². The zero-order valence-corrected chi connectivity index (χ0v) is 11.3. The molecule has 0 aliphatic carbocycles. The molecule has 0 aromatic heterocycles. The molecule has 2 N–H and O–H groups in total. The molecular formula is C12H19FN2O2S. The first-order valence-corrected chi connectivity index (χ1v) is 7.61. The van der Waals surface area contributed by atoms with Crippen LogP contribution in [0.4, 0.5) is 4.39 Å². The summed E-state index contributed by atoms with van der Waals surface area (Å²) in [5.74, 6) is -0.228. The maximum Gasteiger partial charge on any atom is 0.211 e. The van der Waals surface area contributed by atoms with Crippen LogP contribution in [0.2, 0.25) is 0 Å². The van der Waals surface area contributed by atoms with Crippen molar-refractivity contribution in [2.24, 2.45) is 0 Å². The summed E-state index contributed by atoms with van der Waals surface area (Å²) in [7, 11) is -3.25. The minimum atomic E-state index is -3.25. The molecule has 0 saturated heterocycles. The van der Waals surface area contributed by atoms with Gasteiger partial charge in [-0.25, -0.2) is 17.5 Å². The minimum absolute atomic E-state index is 0.0984. The van der Waals surface area contributed by atoms with Crippen molar-refractivity contribution in [3.05, 3.63) is 35.6 Å². The third kappa shape index (κ3) is 6.09. The van der Waals surface area contributed by atoms with E-state index in [9.17, 15) is 12.8 Å². The van der Waals surface area contributed by atoms with Gasteiger partial charge in [0.15, 0.2) is 0 Å². The van der Waals surface area contributed by atoms with E-state index in [1.165, 1.54) is 12.1 Å². The molecule has 0 radical (unpaired) electrons. The van der Waals surface area contributed by atoms with E-state index < -0.39 is 10.0 Å². The Morgan fingerprint density at radius 2 is 1.89 bits per heavy atom. The number of nitrogens with one attached hydrogen (secondary N) is 2. The zero-order chi connectivity index (χ0) is 13.4. The third-order valence-corrected chi connectivity index (χ3v) is 3.84. The molecule has 1 rings (SSSR count). The third-order valence-electron chi connectivity index (χ3n) is 2.43. The maximum atomic E-state index is 12.7. The van der Waals surface area contributed by atoms with E-state index >= 15 is 0 Å². The number of benzene rings is 1. The first kappa shape index (κ1) is 15.1. The summed E-state index contributed by atoms with van der Waals surface area (Å²) in [6.45, 7) is 3.70. The van der Waals surface area contributed by atoms with Crippen molar-refractivity contribution >= 4 is 10.0 Å². The van der Waals surface area contributed by atoms with Crippen molar-refractivity contribution in [1.82, 2.24) is 10.0 Å². The summed E-state index contributed by atoms with van der Waals surface area (Å²) in [4.78, 5) is 0. The lowest BCUT2D eigenvalue weighted by Gasteiger charge is -2.07. The molecular weight excluding hydrogens is 255 g/mol. The van der Waals surface area contributed by atoms with Crippen LogP contribution < -0.4 is 10.0 Å². The summed E-state index contributed by atoms with van der Waals surface area (Å²) >= 11 is 0. The Hall–Kier alpha value is -0.980. The van der Waals surface area contributed by atoms with Gasteiger partial charge >= 0.3 is 0 Å². The number of hydrogen-bond acceptors (Lipinski definition) is 3. The first-order chi connectivity index (χ1) is 8.53. The van der Waals surface area contributed by atoms with Crippen LogP contribution in [0.3, 0.4) is 0 Å². The molecule has 0 aliphatic rings. The first-order valence-electron chi connectivity index (χ1n) is 5.96. The van der Waals surface area contributed by atoms with E-state index in [-0.39, 0.29) is 18.1 Å². The number of rotatable bonds is 8. The van der Waals surface area contributed by atoms with Crippen LogP contribution in [0.15, 0.2) is 24.3 Å². The molecule has 0 amide bonds. The average molecular weight is 274 g/mol. The fourth-order valence-electron chi connectivity index (χ4n) is 1.43. The topological polar surface area (TPSA) is 58.2 Å². The molecule has 18 heavy (non-hydrogen) atoms. The second kappa shape index (κ2) is 7.45. The summed E-state index contributed by atoms with van der Waals surface area (Å²) in [6.07, 6.45) is 0.576. The van der Waals surface area contributed by atoms with Gasteiger partial charge in [-0.15, -0.1) is 0 Å². The van der Waals surface area contributed by atoms with Crippen LogP contribution in [0, 0.1) is 5.82 Å². The lowest BCUT2D eigenvalue weighted by atomic mass is 10.2. The Morgan fingerprint density at radius 3 is 2.50 bits per heavy atom. The van der Waals surface area contributed by atoms with Crippen molar-refractivity contribution in [1.29, 1.82) is 0 Å². The highest BCUT2D eigenvalue weighted by Gasteiger charge is 2.09. The highest BCUT2D eigenvalue weighted by Crippen LogP contribution is 2.03. The highest BCUT2D eigenvalue weighted by atomic mass is 32.2. The van der Waals surface area contributed by atoms with Crippen molar-refractivity contribution < 1.29 is 12.8 Å². The predicted molar refractivity (Wildman–Crippen MR) is 70.2 cm³/mol. The summed E-state index contributed by atoms with van der Waals surface area (Å²) in [5.41, 5.74) is 0.742. The van der Waals surface area contributed by atoms with E-state index in [0.29, 0.717) is 13.0 Å². The van der Waals surface area contributed by atoms with Crippen LogP contribution in [0.25, 0.3) is 0 Å². The van der Waals surface area contributed by atoms with Gasteiger partial charge in [0, 0.05) is 6.54 Å². The van der Waals surface area contributed by atoms with Gasteiger partial charge < -0.3 is 5.32 Å². The van der Waals surface area contributed by atoms with Crippen molar-refractivity contribution in [2.75, 3.05) is 18.8 Å². The smallest absolute Gasteiger partial charge is 0.211 e. The van der Waals surface area contributed by atoms with E-state index in [0.717, 1.165) is 12.1 Å². The molecule has 4 nitrogen and oxygen atoms in total. The molecule has 0 saturated carbocycles. The van der Waals surface area contributed by atoms with Crippen LogP contribution in [0.1, 0.15) is 18.9 Å². The average Bonchev–Trinajstić information content (AvgIpc) is 2.34. The van der Waals surface area contributed by atoms with Gasteiger partial charge in [0.2, 0.25) is 10.0 Å². The van der Waals surface area contributed by atoms with E-state index in [1.807, 2.05) is 6.92 Å². The van der Waals surface area contributed by atoms with Crippen LogP contribution in [-0.2, 0) is 16.6 Å². The highest BCUT2D eigenvalue weighted by molar-refractivity contribution is 7.89. The van der Waals surface area contributed by atoms with E-state index in [2.05, 4.69) is 10.0 Å². The minimum Gasteiger partial charge on any atom is -0.317 e. The molecule has 0 bridgehead atoms. The Balaban J connectivity index is 2.34. The largest absolute Gasteiger partial charge is 0.317 e. The Labute approximate surface area is 108 Å². The van der Waals surface area contributed by atoms with Crippen molar-refractivity contribution in [3.63, 3.8) is 0 Å². The molecule has 0 unspecified atom stereocenters. The Morgan fingerprint density at radius 1 is 1.22 bits per heavy atom. The summed E-state index contributed by atoms with van der Waals surface area (Å²) in [5, 5.41) is 3.07. The normalized spacial score (nSPS) is 11.7. The molecule has 0 aliphatic heterocycles. The second-order valence-electron chi connectivity index (χ2n) is 3.97. The van der Waals surface area contributed by atoms with Crippen LogP contribution >= 0.6 is 0 Å². The van der Waals surface area contributed by atoms with Gasteiger partial charge in [-0.2, -0.15) is 0 Å². The van der Waals surface area contributed by atoms with Crippen LogP contribution in [0.5, 0.6) is 0 Å². The number of halogens is 1. The summed E-state index contributed by atoms with van der Waals surface area (Å²) < 4.78 is 38.4. The lowest BCUT2D eigenvalue weighted by Crippen LogP contribution is -2.28. The molecule has 0 atom stereocenters. The number of sulfonamides is 1. The molecule has 0 heterocycles. The Kier molecular flexibility index (Phi) is 6.24. The lowest BCUT2D eigenvalue weighted by molar-refractivity contribution is 0.575. The van der Waals surface area contributed by atoms with Gasteiger partial charge in [-0.05, 0) is 37.2 Å². The molecule has 0 fully saturated rings. The summed E-state index contributed by atoms with van der Waals surface area (Å²) in [6, 6.07) is 5.76. The van der Waals surface area contributed by atoms with E-state index in [4.69, 9.17) is 0 Å². The zero-order valence-electron chi connectivity index (χ0n) is 10.4. The molecule has 6 heteroatoms. The van der Waals surface area contributed by atoms with Gasteiger partial charge in [-0.1, -0.05) is 19.1 Å². The maximum absolute atomic E-state index is 12.7.